The molecular formula is C24H28N2O5. The van der Waals surface area contributed by atoms with Crippen LogP contribution in [0.5, 0.6) is 0 Å². The number of aliphatic carboxylic acids is 1. The molecule has 0 saturated heterocycles. The number of nitrogens with one attached hydrogen (secondary N) is 1. The Kier molecular flexibility index (Phi) is 6.34. The summed E-state index contributed by atoms with van der Waals surface area (Å²) in [5.74, 6) is -1.68. The van der Waals surface area contributed by atoms with Gasteiger partial charge in [-0.3, -0.25) is 4.79 Å². The van der Waals surface area contributed by atoms with Gasteiger partial charge in [-0.2, -0.15) is 0 Å². The number of benzene rings is 2. The first-order valence-corrected chi connectivity index (χ1v) is 10.3. The standard InChI is InChI=1S/C24H28N2O5/c1-5-26(24(3,4)22(28)29)21(27)15(2)25-23(30)31-14-20-18-12-8-6-10-16(18)17-11-7-9-13-19(17)20/h6-13,15,20H,5,14H2,1-4H3,(H,25,30)(H,28,29)/t15-/m0/s1. The molecule has 0 saturated carbocycles. The van der Waals surface area contributed by atoms with Gasteiger partial charge in [-0.05, 0) is 49.9 Å². The van der Waals surface area contributed by atoms with Crippen molar-refractivity contribution in [1.29, 1.82) is 0 Å². The minimum Gasteiger partial charge on any atom is -0.480 e. The third kappa shape index (κ3) is 4.26. The van der Waals surface area contributed by atoms with Gasteiger partial charge in [0.1, 0.15) is 18.2 Å². The number of carboxylic acids is 1. The molecule has 0 fully saturated rings. The van der Waals surface area contributed by atoms with E-state index in [1.54, 1.807) is 6.92 Å². The Morgan fingerprint density at radius 3 is 2.06 bits per heavy atom. The van der Waals surface area contributed by atoms with Crippen LogP contribution in [0.25, 0.3) is 11.1 Å². The molecule has 0 radical (unpaired) electrons. The minimum atomic E-state index is -1.39. The molecule has 1 aliphatic rings. The maximum Gasteiger partial charge on any atom is 0.407 e. The number of hydrogen-bond donors (Lipinski definition) is 2. The summed E-state index contributed by atoms with van der Waals surface area (Å²) in [5.41, 5.74) is 3.07. The fourth-order valence-electron chi connectivity index (χ4n) is 4.05. The highest BCUT2D eigenvalue weighted by atomic mass is 16.5. The van der Waals surface area contributed by atoms with Gasteiger partial charge in [0.15, 0.2) is 0 Å². The second kappa shape index (κ2) is 8.79. The smallest absolute Gasteiger partial charge is 0.407 e. The van der Waals surface area contributed by atoms with Gasteiger partial charge in [-0.25, -0.2) is 9.59 Å². The lowest BCUT2D eigenvalue weighted by Gasteiger charge is -2.36. The number of alkyl carbamates (subject to hydrolysis) is 1. The van der Waals surface area contributed by atoms with Crippen LogP contribution < -0.4 is 5.32 Å². The molecule has 7 heteroatoms. The van der Waals surface area contributed by atoms with Gasteiger partial charge in [0.05, 0.1) is 0 Å². The minimum absolute atomic E-state index is 0.0813. The number of amides is 2. The van der Waals surface area contributed by atoms with Gasteiger partial charge >= 0.3 is 12.1 Å². The second-order valence-corrected chi connectivity index (χ2v) is 8.14. The Morgan fingerprint density at radius 2 is 1.58 bits per heavy atom. The summed E-state index contributed by atoms with van der Waals surface area (Å²) in [5, 5.41) is 11.9. The van der Waals surface area contributed by atoms with Crippen molar-refractivity contribution in [2.45, 2.75) is 45.2 Å². The van der Waals surface area contributed by atoms with E-state index in [4.69, 9.17) is 4.74 Å². The molecule has 2 aromatic carbocycles. The zero-order chi connectivity index (χ0) is 22.8. The fourth-order valence-corrected chi connectivity index (χ4v) is 4.05. The molecule has 2 aromatic rings. The molecule has 0 aromatic heterocycles. The third-order valence-corrected chi connectivity index (χ3v) is 5.83. The van der Waals surface area contributed by atoms with E-state index in [1.807, 2.05) is 36.4 Å². The first-order valence-electron chi connectivity index (χ1n) is 10.3. The molecule has 0 bridgehead atoms. The second-order valence-electron chi connectivity index (χ2n) is 8.14. The van der Waals surface area contributed by atoms with E-state index < -0.39 is 29.6 Å². The summed E-state index contributed by atoms with van der Waals surface area (Å²) in [6.07, 6.45) is -0.716. The van der Waals surface area contributed by atoms with Crippen LogP contribution in [0.4, 0.5) is 4.79 Å². The van der Waals surface area contributed by atoms with Gasteiger partial charge < -0.3 is 20.1 Å². The molecule has 2 amide bonds. The van der Waals surface area contributed by atoms with Crippen molar-refractivity contribution in [3.05, 3.63) is 59.7 Å². The number of hydrogen-bond acceptors (Lipinski definition) is 4. The largest absolute Gasteiger partial charge is 0.480 e. The van der Waals surface area contributed by atoms with E-state index >= 15 is 0 Å². The molecule has 31 heavy (non-hydrogen) atoms. The topological polar surface area (TPSA) is 95.9 Å². The number of rotatable bonds is 7. The van der Waals surface area contributed by atoms with E-state index in [-0.39, 0.29) is 19.1 Å². The van der Waals surface area contributed by atoms with Crippen LogP contribution in [-0.2, 0) is 14.3 Å². The summed E-state index contributed by atoms with van der Waals surface area (Å²) in [4.78, 5) is 37.9. The van der Waals surface area contributed by atoms with Crippen molar-refractivity contribution in [3.63, 3.8) is 0 Å². The van der Waals surface area contributed by atoms with E-state index in [2.05, 4.69) is 17.4 Å². The van der Waals surface area contributed by atoms with Crippen LogP contribution in [0, 0.1) is 0 Å². The average Bonchev–Trinajstić information content (AvgIpc) is 3.06. The van der Waals surface area contributed by atoms with Crippen LogP contribution in [-0.4, -0.2) is 52.7 Å². The summed E-state index contributed by atoms with van der Waals surface area (Å²) in [6, 6.07) is 15.1. The van der Waals surface area contributed by atoms with Gasteiger partial charge in [0.2, 0.25) is 5.91 Å². The van der Waals surface area contributed by atoms with Gasteiger partial charge in [0, 0.05) is 12.5 Å². The highest BCUT2D eigenvalue weighted by Gasteiger charge is 2.39. The third-order valence-electron chi connectivity index (χ3n) is 5.83. The number of carboxylic acid groups (broad SMARTS) is 1. The average molecular weight is 424 g/mol. The zero-order valence-corrected chi connectivity index (χ0v) is 18.2. The Balaban J connectivity index is 1.65. The Bertz CT molecular complexity index is 955. The molecule has 0 heterocycles. The zero-order valence-electron chi connectivity index (χ0n) is 18.2. The molecule has 1 aliphatic carbocycles. The first kappa shape index (κ1) is 22.3. The van der Waals surface area contributed by atoms with E-state index in [1.165, 1.54) is 25.7 Å². The fraction of sp³-hybridized carbons (Fsp3) is 0.375. The highest BCUT2D eigenvalue weighted by molar-refractivity contribution is 5.90. The van der Waals surface area contributed by atoms with Crippen molar-refractivity contribution < 1.29 is 24.2 Å². The normalized spacial score (nSPS) is 13.7. The lowest BCUT2D eigenvalue weighted by molar-refractivity contribution is -0.157. The van der Waals surface area contributed by atoms with E-state index in [0.717, 1.165) is 22.3 Å². The highest BCUT2D eigenvalue weighted by Crippen LogP contribution is 2.44. The van der Waals surface area contributed by atoms with E-state index in [9.17, 15) is 19.5 Å². The van der Waals surface area contributed by atoms with Crippen molar-refractivity contribution in [2.75, 3.05) is 13.2 Å². The maximum absolute atomic E-state index is 12.7. The van der Waals surface area contributed by atoms with Crippen LogP contribution in [0.1, 0.15) is 44.7 Å². The number of nitrogens with zero attached hydrogens (tertiary/aromatic N) is 1. The number of likely N-dealkylation sites (N-methyl/N-ethyl adjacent to an activating group) is 1. The quantitative estimate of drug-likeness (QED) is 0.708. The maximum atomic E-state index is 12.7. The predicted molar refractivity (Wildman–Crippen MR) is 117 cm³/mol. The molecule has 2 N–H and O–H groups in total. The number of fused-ring (bicyclic) bond motifs is 3. The Labute approximate surface area is 182 Å². The molecular weight excluding hydrogens is 396 g/mol. The number of carbonyl (C=O) groups is 3. The molecule has 164 valence electrons. The molecule has 0 unspecified atom stereocenters. The monoisotopic (exact) mass is 424 g/mol. The summed E-state index contributed by atoms with van der Waals surface area (Å²) in [7, 11) is 0. The van der Waals surface area contributed by atoms with Crippen molar-refractivity contribution in [1.82, 2.24) is 10.2 Å². The van der Waals surface area contributed by atoms with Crippen LogP contribution in [0.15, 0.2) is 48.5 Å². The SMILES string of the molecule is CCN(C(=O)[C@H](C)NC(=O)OCC1c2ccccc2-c2ccccc21)C(C)(C)C(=O)O. The van der Waals surface area contributed by atoms with Crippen molar-refractivity contribution >= 4 is 18.0 Å². The predicted octanol–water partition coefficient (Wildman–Crippen LogP) is 3.63. The summed E-state index contributed by atoms with van der Waals surface area (Å²) < 4.78 is 5.47. The van der Waals surface area contributed by atoms with E-state index in [0.29, 0.717) is 0 Å². The van der Waals surface area contributed by atoms with Crippen LogP contribution in [0.2, 0.25) is 0 Å². The molecule has 3 rings (SSSR count). The first-order chi connectivity index (χ1) is 14.7. The molecule has 0 aliphatic heterocycles. The van der Waals surface area contributed by atoms with Crippen LogP contribution >= 0.6 is 0 Å². The number of carbonyl (C=O) groups excluding carboxylic acids is 2. The van der Waals surface area contributed by atoms with Gasteiger partial charge in [0.25, 0.3) is 0 Å². The molecule has 0 spiro atoms. The number of ether oxygens (including phenoxy) is 1. The lowest BCUT2D eigenvalue weighted by Crippen LogP contribution is -2.58. The van der Waals surface area contributed by atoms with Crippen molar-refractivity contribution in [2.24, 2.45) is 0 Å². The molecule has 1 atom stereocenters. The van der Waals surface area contributed by atoms with Crippen LogP contribution in [0.3, 0.4) is 0 Å². The lowest BCUT2D eigenvalue weighted by atomic mass is 9.98. The summed E-state index contributed by atoms with van der Waals surface area (Å²) >= 11 is 0. The Hall–Kier alpha value is -3.35. The summed E-state index contributed by atoms with van der Waals surface area (Å²) in [6.45, 7) is 6.47. The molecule has 7 nitrogen and oxygen atoms in total. The van der Waals surface area contributed by atoms with Gasteiger partial charge in [-0.15, -0.1) is 0 Å². The Morgan fingerprint density at radius 1 is 1.06 bits per heavy atom. The van der Waals surface area contributed by atoms with Crippen molar-refractivity contribution in [3.8, 4) is 11.1 Å². The van der Waals surface area contributed by atoms with Gasteiger partial charge in [-0.1, -0.05) is 48.5 Å².